The number of anilines is 1. The highest BCUT2D eigenvalue weighted by Gasteiger charge is 2.28. The third kappa shape index (κ3) is 2.77. The number of carbonyl (C=O) groups is 1. The van der Waals surface area contributed by atoms with Crippen LogP contribution < -0.4 is 4.90 Å². The Morgan fingerprint density at radius 1 is 1.10 bits per heavy atom. The van der Waals surface area contributed by atoms with Crippen molar-refractivity contribution in [2.45, 2.75) is 12.5 Å². The summed E-state index contributed by atoms with van der Waals surface area (Å²) < 4.78 is 0. The molecule has 1 aliphatic heterocycles. The zero-order valence-electron chi connectivity index (χ0n) is 11.1. The Hall–Kier alpha value is -1.55. The largest absolute Gasteiger partial charge is 0.388 e. The minimum absolute atomic E-state index is 0.109. The Labute approximate surface area is 132 Å². The Morgan fingerprint density at radius 3 is 2.48 bits per heavy atom. The van der Waals surface area contributed by atoms with E-state index in [0.717, 1.165) is 0 Å². The summed E-state index contributed by atoms with van der Waals surface area (Å²) in [4.78, 5) is 14.3. The second-order valence-electron chi connectivity index (χ2n) is 4.97. The first-order valence-corrected chi connectivity index (χ1v) is 7.37. The molecule has 1 aliphatic rings. The van der Waals surface area contributed by atoms with Gasteiger partial charge in [0.05, 0.1) is 6.10 Å². The number of halogens is 2. The summed E-state index contributed by atoms with van der Waals surface area (Å²) in [6.07, 6.45) is -0.0971. The predicted octanol–water partition coefficient (Wildman–Crippen LogP) is 4.08. The van der Waals surface area contributed by atoms with Crippen LogP contribution in [0.5, 0.6) is 0 Å². The van der Waals surface area contributed by atoms with Gasteiger partial charge in [0.2, 0.25) is 0 Å². The van der Waals surface area contributed by atoms with E-state index in [1.54, 1.807) is 47.4 Å². The van der Waals surface area contributed by atoms with E-state index in [4.69, 9.17) is 23.2 Å². The molecule has 0 bridgehead atoms. The Bertz CT molecular complexity index is 685. The van der Waals surface area contributed by atoms with E-state index in [-0.39, 0.29) is 5.91 Å². The standard InChI is InChI=1S/C16H13Cl2NO2/c17-11-3-1-10(2-4-11)16(21)19-8-7-15(20)13-9-12(18)5-6-14(13)19/h1-6,9,15,20H,7-8H2. The van der Waals surface area contributed by atoms with Crippen LogP contribution in [0.3, 0.4) is 0 Å². The van der Waals surface area contributed by atoms with Crippen molar-refractivity contribution < 1.29 is 9.90 Å². The Morgan fingerprint density at radius 2 is 1.76 bits per heavy atom. The van der Waals surface area contributed by atoms with Crippen LogP contribution in [0.1, 0.15) is 28.4 Å². The summed E-state index contributed by atoms with van der Waals surface area (Å²) in [6.45, 7) is 0.470. The van der Waals surface area contributed by atoms with Gasteiger partial charge in [-0.15, -0.1) is 0 Å². The van der Waals surface area contributed by atoms with Crippen molar-refractivity contribution in [3.8, 4) is 0 Å². The van der Waals surface area contributed by atoms with E-state index in [1.165, 1.54) is 0 Å². The molecule has 3 nitrogen and oxygen atoms in total. The summed E-state index contributed by atoms with van der Waals surface area (Å²) in [5.41, 5.74) is 1.96. The fourth-order valence-corrected chi connectivity index (χ4v) is 2.83. The average Bonchev–Trinajstić information content (AvgIpc) is 2.48. The molecular formula is C16H13Cl2NO2. The van der Waals surface area contributed by atoms with Crippen LogP contribution in [0.4, 0.5) is 5.69 Å². The van der Waals surface area contributed by atoms with Crippen LogP contribution in [0, 0.1) is 0 Å². The number of amides is 1. The number of hydrogen-bond donors (Lipinski definition) is 1. The highest BCUT2D eigenvalue weighted by atomic mass is 35.5. The van der Waals surface area contributed by atoms with Crippen LogP contribution in [0.2, 0.25) is 10.0 Å². The van der Waals surface area contributed by atoms with Crippen molar-refractivity contribution in [3.63, 3.8) is 0 Å². The van der Waals surface area contributed by atoms with Crippen LogP contribution in [0.25, 0.3) is 0 Å². The van der Waals surface area contributed by atoms with Gasteiger partial charge in [-0.1, -0.05) is 23.2 Å². The lowest BCUT2D eigenvalue weighted by Gasteiger charge is -2.32. The minimum Gasteiger partial charge on any atom is -0.388 e. The number of carbonyl (C=O) groups excluding carboxylic acids is 1. The quantitative estimate of drug-likeness (QED) is 0.859. The first-order chi connectivity index (χ1) is 10.1. The third-order valence-electron chi connectivity index (χ3n) is 3.60. The van der Waals surface area contributed by atoms with E-state index in [9.17, 15) is 9.90 Å². The number of rotatable bonds is 1. The van der Waals surface area contributed by atoms with Crippen LogP contribution in [-0.2, 0) is 0 Å². The van der Waals surface area contributed by atoms with Gasteiger partial charge in [-0.2, -0.15) is 0 Å². The van der Waals surface area contributed by atoms with Gasteiger partial charge in [0.25, 0.3) is 5.91 Å². The highest BCUT2D eigenvalue weighted by Crippen LogP contribution is 2.36. The molecule has 5 heteroatoms. The van der Waals surface area contributed by atoms with Crippen molar-refractivity contribution >= 4 is 34.8 Å². The molecular weight excluding hydrogens is 309 g/mol. The van der Waals surface area contributed by atoms with Gasteiger partial charge in [0.1, 0.15) is 0 Å². The predicted molar refractivity (Wildman–Crippen MR) is 84.2 cm³/mol. The first kappa shape index (κ1) is 14.4. The maximum absolute atomic E-state index is 12.6. The number of benzene rings is 2. The van der Waals surface area contributed by atoms with Crippen LogP contribution in [-0.4, -0.2) is 17.6 Å². The van der Waals surface area contributed by atoms with Gasteiger partial charge in [-0.3, -0.25) is 4.79 Å². The topological polar surface area (TPSA) is 40.5 Å². The molecule has 0 spiro atoms. The van der Waals surface area contributed by atoms with Crippen LogP contribution in [0.15, 0.2) is 42.5 Å². The lowest BCUT2D eigenvalue weighted by Crippen LogP contribution is -2.36. The molecule has 108 valence electrons. The van der Waals surface area contributed by atoms with E-state index < -0.39 is 6.10 Å². The van der Waals surface area contributed by atoms with Crippen molar-refractivity contribution in [2.24, 2.45) is 0 Å². The lowest BCUT2D eigenvalue weighted by atomic mass is 9.98. The number of hydrogen-bond acceptors (Lipinski definition) is 2. The van der Waals surface area contributed by atoms with Gasteiger partial charge < -0.3 is 10.0 Å². The number of aliphatic hydroxyl groups excluding tert-OH is 1. The molecule has 1 amide bonds. The van der Waals surface area contributed by atoms with Crippen molar-refractivity contribution in [2.75, 3.05) is 11.4 Å². The molecule has 0 saturated heterocycles. The lowest BCUT2D eigenvalue weighted by molar-refractivity contribution is 0.0970. The highest BCUT2D eigenvalue weighted by molar-refractivity contribution is 6.31. The second-order valence-corrected chi connectivity index (χ2v) is 5.84. The van der Waals surface area contributed by atoms with E-state index in [2.05, 4.69) is 0 Å². The molecule has 0 fully saturated rings. The molecule has 0 aliphatic carbocycles. The molecule has 21 heavy (non-hydrogen) atoms. The fourth-order valence-electron chi connectivity index (χ4n) is 2.52. The third-order valence-corrected chi connectivity index (χ3v) is 4.09. The maximum atomic E-state index is 12.6. The Kier molecular flexibility index (Phi) is 3.89. The molecule has 2 aromatic carbocycles. The summed E-state index contributed by atoms with van der Waals surface area (Å²) in [5, 5.41) is 11.2. The average molecular weight is 322 g/mol. The van der Waals surface area contributed by atoms with Crippen molar-refractivity contribution in [3.05, 3.63) is 63.6 Å². The normalized spacial score (nSPS) is 17.5. The fraction of sp³-hybridized carbons (Fsp3) is 0.188. The maximum Gasteiger partial charge on any atom is 0.258 e. The molecule has 1 unspecified atom stereocenters. The zero-order chi connectivity index (χ0) is 15.0. The monoisotopic (exact) mass is 321 g/mol. The molecule has 1 heterocycles. The van der Waals surface area contributed by atoms with Crippen molar-refractivity contribution in [1.82, 2.24) is 0 Å². The Balaban J connectivity index is 1.99. The number of fused-ring (bicyclic) bond motifs is 1. The minimum atomic E-state index is -0.590. The molecule has 1 N–H and O–H groups in total. The van der Waals surface area contributed by atoms with Gasteiger partial charge in [0.15, 0.2) is 0 Å². The molecule has 0 saturated carbocycles. The van der Waals surface area contributed by atoms with Gasteiger partial charge in [0, 0.05) is 33.4 Å². The van der Waals surface area contributed by atoms with Crippen LogP contribution >= 0.6 is 23.2 Å². The molecule has 0 aromatic heterocycles. The SMILES string of the molecule is O=C(c1ccc(Cl)cc1)N1CCC(O)c2cc(Cl)ccc21. The van der Waals surface area contributed by atoms with E-state index >= 15 is 0 Å². The smallest absolute Gasteiger partial charge is 0.258 e. The summed E-state index contributed by atoms with van der Waals surface area (Å²) in [7, 11) is 0. The van der Waals surface area contributed by atoms with Gasteiger partial charge in [-0.05, 0) is 48.9 Å². The molecule has 0 radical (unpaired) electrons. The number of aliphatic hydroxyl groups is 1. The van der Waals surface area contributed by atoms with Gasteiger partial charge >= 0.3 is 0 Å². The van der Waals surface area contributed by atoms with Crippen molar-refractivity contribution in [1.29, 1.82) is 0 Å². The first-order valence-electron chi connectivity index (χ1n) is 6.61. The van der Waals surface area contributed by atoms with E-state index in [1.807, 2.05) is 0 Å². The summed E-state index contributed by atoms with van der Waals surface area (Å²) >= 11 is 11.8. The second kappa shape index (κ2) is 5.68. The molecule has 3 rings (SSSR count). The molecule has 2 aromatic rings. The summed E-state index contributed by atoms with van der Waals surface area (Å²) in [6, 6.07) is 12.0. The number of nitrogens with zero attached hydrogens (tertiary/aromatic N) is 1. The summed E-state index contributed by atoms with van der Waals surface area (Å²) in [5.74, 6) is -0.109. The zero-order valence-corrected chi connectivity index (χ0v) is 12.6. The van der Waals surface area contributed by atoms with Gasteiger partial charge in [-0.25, -0.2) is 0 Å². The molecule has 1 atom stereocenters. The van der Waals surface area contributed by atoms with E-state index in [0.29, 0.717) is 39.8 Å².